The van der Waals surface area contributed by atoms with Gasteiger partial charge in [0, 0.05) is 35.4 Å². The second-order valence-electron chi connectivity index (χ2n) is 5.26. The summed E-state index contributed by atoms with van der Waals surface area (Å²) in [7, 11) is 0. The molecule has 0 aliphatic heterocycles. The number of hydrogen-bond acceptors (Lipinski definition) is 5. The highest BCUT2D eigenvalue weighted by Crippen LogP contribution is 2.42. The van der Waals surface area contributed by atoms with Crippen molar-refractivity contribution in [3.63, 3.8) is 0 Å². The first-order valence-electron chi connectivity index (χ1n) is 6.78. The lowest BCUT2D eigenvalue weighted by Crippen LogP contribution is -2.10. The van der Waals surface area contributed by atoms with Crippen molar-refractivity contribution in [2.24, 2.45) is 0 Å². The summed E-state index contributed by atoms with van der Waals surface area (Å²) in [6.45, 7) is 0. The number of rotatable bonds is 3. The van der Waals surface area contributed by atoms with Crippen LogP contribution in [0.4, 0.5) is 14.5 Å². The van der Waals surface area contributed by atoms with Gasteiger partial charge in [0.1, 0.15) is 30.1 Å². The first-order valence-corrected chi connectivity index (χ1v) is 8.34. The van der Waals surface area contributed by atoms with Gasteiger partial charge in [0.2, 0.25) is 5.88 Å². The molecule has 0 amide bonds. The molecule has 0 saturated heterocycles. The van der Waals surface area contributed by atoms with Crippen LogP contribution in [0.2, 0.25) is 0 Å². The van der Waals surface area contributed by atoms with Crippen LogP contribution in [-0.4, -0.2) is 27.1 Å². The van der Waals surface area contributed by atoms with Gasteiger partial charge in [-0.2, -0.15) is 0 Å². The topological polar surface area (TPSA) is 91.4 Å². The van der Waals surface area contributed by atoms with Crippen molar-refractivity contribution in [3.8, 4) is 11.6 Å². The van der Waals surface area contributed by atoms with Crippen molar-refractivity contribution in [2.45, 2.75) is 23.6 Å². The van der Waals surface area contributed by atoms with E-state index < -0.39 is 29.3 Å². The molecule has 1 aromatic heterocycles. The Morgan fingerprint density at radius 3 is 2.83 bits per heavy atom. The van der Waals surface area contributed by atoms with Crippen LogP contribution in [0.25, 0.3) is 0 Å². The average Bonchev–Trinajstić information content (AvgIpc) is 2.75. The number of anilines is 1. The van der Waals surface area contributed by atoms with E-state index in [1.54, 1.807) is 0 Å². The molecule has 1 aliphatic carbocycles. The van der Waals surface area contributed by atoms with Gasteiger partial charge in [-0.25, -0.2) is 13.8 Å². The normalized spacial score (nSPS) is 21.1. The third kappa shape index (κ3) is 2.97. The Morgan fingerprint density at radius 2 is 2.17 bits per heavy atom. The molecule has 1 aromatic carbocycles. The average molecular weight is 340 g/mol. The lowest BCUT2D eigenvalue weighted by Gasteiger charge is -2.14. The van der Waals surface area contributed by atoms with Gasteiger partial charge in [0.05, 0.1) is 6.20 Å². The van der Waals surface area contributed by atoms with Crippen molar-refractivity contribution in [1.29, 1.82) is 0 Å². The zero-order valence-corrected chi connectivity index (χ0v) is 12.9. The van der Waals surface area contributed by atoms with E-state index in [9.17, 15) is 18.4 Å². The van der Waals surface area contributed by atoms with E-state index in [-0.39, 0.29) is 34.2 Å². The van der Waals surface area contributed by atoms with Gasteiger partial charge < -0.3 is 20.1 Å². The van der Waals surface area contributed by atoms with E-state index in [0.29, 0.717) is 5.56 Å². The number of benzene rings is 1. The minimum Gasteiger partial charge on any atom is -0.612 e. The van der Waals surface area contributed by atoms with Gasteiger partial charge in [0.15, 0.2) is 4.90 Å². The Labute approximate surface area is 134 Å². The number of aliphatic hydroxyl groups excluding tert-OH is 1. The Hall–Kier alpha value is -1.90. The van der Waals surface area contributed by atoms with Crippen LogP contribution >= 0.6 is 0 Å². The summed E-state index contributed by atoms with van der Waals surface area (Å²) in [5.74, 6) is -0.427. The lowest BCUT2D eigenvalue weighted by atomic mass is 10.1. The molecular formula is C15H14F2N2O3S. The lowest BCUT2D eigenvalue weighted by molar-refractivity contribution is 0.0907. The van der Waals surface area contributed by atoms with E-state index in [1.165, 1.54) is 18.5 Å². The summed E-state index contributed by atoms with van der Waals surface area (Å²) in [5, 5.41) is 9.99. The maximum atomic E-state index is 13.9. The molecule has 122 valence electrons. The third-order valence-corrected chi connectivity index (χ3v) is 4.55. The fourth-order valence-corrected chi connectivity index (χ4v) is 3.36. The van der Waals surface area contributed by atoms with E-state index in [2.05, 4.69) is 4.98 Å². The number of halogens is 2. The Morgan fingerprint density at radius 1 is 1.43 bits per heavy atom. The van der Waals surface area contributed by atoms with Crippen LogP contribution in [0.15, 0.2) is 29.3 Å². The predicted molar refractivity (Wildman–Crippen MR) is 81.0 cm³/mol. The number of pyridine rings is 1. The third-order valence-electron chi connectivity index (χ3n) is 3.60. The summed E-state index contributed by atoms with van der Waals surface area (Å²) in [6.07, 6.45) is -0.338. The summed E-state index contributed by atoms with van der Waals surface area (Å²) >= 11 is -1.43. The van der Waals surface area contributed by atoms with Crippen LogP contribution in [-0.2, 0) is 17.6 Å². The number of aromatic nitrogens is 1. The molecule has 3 N–H and O–H groups in total. The van der Waals surface area contributed by atoms with Crippen LogP contribution < -0.4 is 10.5 Å². The Bertz CT molecular complexity index is 737. The molecule has 1 heterocycles. The van der Waals surface area contributed by atoms with Crippen LogP contribution in [0.1, 0.15) is 17.2 Å². The van der Waals surface area contributed by atoms with Gasteiger partial charge in [-0.05, 0) is 17.2 Å². The van der Waals surface area contributed by atoms with Crippen LogP contribution in [0, 0.1) is 5.82 Å². The minimum atomic E-state index is -1.53. The number of hydrogen-bond donors (Lipinski definition) is 2. The molecule has 0 bridgehead atoms. The molecule has 0 spiro atoms. The fourth-order valence-electron chi connectivity index (χ4n) is 2.61. The molecule has 23 heavy (non-hydrogen) atoms. The number of nitrogens with zero attached hydrogens (tertiary/aromatic N) is 1. The summed E-state index contributed by atoms with van der Waals surface area (Å²) < 4.78 is 44.5. The van der Waals surface area contributed by atoms with Crippen molar-refractivity contribution in [2.75, 3.05) is 12.0 Å². The molecule has 0 saturated carbocycles. The van der Waals surface area contributed by atoms with E-state index in [1.807, 2.05) is 0 Å². The minimum absolute atomic E-state index is 0.0402. The summed E-state index contributed by atoms with van der Waals surface area (Å²) in [4.78, 5) is 4.30. The monoisotopic (exact) mass is 340 g/mol. The fraction of sp³-hybridized carbons (Fsp3) is 0.267. The van der Waals surface area contributed by atoms with Crippen molar-refractivity contribution in [3.05, 3.63) is 41.3 Å². The van der Waals surface area contributed by atoms with Crippen LogP contribution in [0.3, 0.4) is 0 Å². The molecular weight excluding hydrogens is 326 g/mol. The maximum absolute atomic E-state index is 13.9. The maximum Gasteiger partial charge on any atom is 0.223 e. The second-order valence-corrected chi connectivity index (χ2v) is 6.61. The summed E-state index contributed by atoms with van der Waals surface area (Å²) in [5.41, 5.74) is 6.29. The molecule has 1 aliphatic rings. The smallest absolute Gasteiger partial charge is 0.223 e. The molecule has 2 aromatic rings. The molecule has 8 heteroatoms. The SMILES string of the molecule is C[S+]([O-])c1cnc(Oc2cc(N)cc(F)c2)c2c1[C@H](O)[C@H](F)C2. The molecule has 5 nitrogen and oxygen atoms in total. The van der Waals surface area contributed by atoms with Gasteiger partial charge in [0.25, 0.3) is 0 Å². The highest BCUT2D eigenvalue weighted by atomic mass is 32.2. The first-order chi connectivity index (χ1) is 10.9. The van der Waals surface area contributed by atoms with E-state index in [0.717, 1.165) is 12.1 Å². The van der Waals surface area contributed by atoms with E-state index in [4.69, 9.17) is 10.5 Å². The zero-order chi connectivity index (χ0) is 16.7. The largest absolute Gasteiger partial charge is 0.612 e. The van der Waals surface area contributed by atoms with E-state index >= 15 is 0 Å². The number of nitrogens with two attached hydrogens (primary N) is 1. The number of fused-ring (bicyclic) bond motifs is 1. The van der Waals surface area contributed by atoms with Crippen molar-refractivity contribution in [1.82, 2.24) is 4.98 Å². The van der Waals surface area contributed by atoms with Gasteiger partial charge in [-0.1, -0.05) is 0 Å². The highest BCUT2D eigenvalue weighted by molar-refractivity contribution is 7.90. The Balaban J connectivity index is 2.05. The first kappa shape index (κ1) is 16.0. The quantitative estimate of drug-likeness (QED) is 0.660. The second kappa shape index (κ2) is 5.95. The van der Waals surface area contributed by atoms with Gasteiger partial charge >= 0.3 is 0 Å². The molecule has 0 fully saturated rings. The predicted octanol–water partition coefficient (Wildman–Crippen LogP) is 2.26. The number of aliphatic hydroxyl groups is 1. The van der Waals surface area contributed by atoms with Gasteiger partial charge in [-0.15, -0.1) is 0 Å². The Kier molecular flexibility index (Phi) is 4.13. The molecule has 1 unspecified atom stereocenters. The number of ether oxygens (including phenoxy) is 1. The van der Waals surface area contributed by atoms with Crippen molar-refractivity contribution >= 4 is 16.9 Å². The van der Waals surface area contributed by atoms with Gasteiger partial charge in [-0.3, -0.25) is 0 Å². The molecule has 0 radical (unpaired) electrons. The van der Waals surface area contributed by atoms with Crippen LogP contribution in [0.5, 0.6) is 11.6 Å². The van der Waals surface area contributed by atoms with Crippen molar-refractivity contribution < 1.29 is 23.2 Å². The number of alkyl halides is 1. The molecule has 3 rings (SSSR count). The summed E-state index contributed by atoms with van der Waals surface area (Å²) in [6, 6.07) is 3.66. The number of nitrogen functional groups attached to an aromatic ring is 1. The zero-order valence-electron chi connectivity index (χ0n) is 12.1. The molecule has 3 atom stereocenters. The standard InChI is InChI=1S/C15H14F2N2O3S/c1-23(21)12-6-19-15(10-5-11(17)14(20)13(10)12)22-9-3-7(16)2-8(18)4-9/h2-4,6,11,14,20H,5,18H2,1H3/t11-,14-,23?/m1/s1. The highest BCUT2D eigenvalue weighted by Gasteiger charge is 2.39.